The van der Waals surface area contributed by atoms with Crippen molar-refractivity contribution in [2.24, 2.45) is 0 Å². The monoisotopic (exact) mass is 760 g/mol. The van der Waals surface area contributed by atoms with Gasteiger partial charge in [0.05, 0.1) is 0 Å². The molecule has 4 amide bonds. The second-order valence-electron chi connectivity index (χ2n) is 14.4. The molecule has 0 aliphatic carbocycles. The molecule has 0 fully saturated rings. The summed E-state index contributed by atoms with van der Waals surface area (Å²) >= 11 is 0. The third-order valence-electron chi connectivity index (χ3n) is 9.90. The molecule has 0 saturated heterocycles. The quantitative estimate of drug-likeness (QED) is 0.0463. The van der Waals surface area contributed by atoms with E-state index in [1.165, 1.54) is 51.4 Å². The van der Waals surface area contributed by atoms with Crippen molar-refractivity contribution >= 4 is 23.6 Å². The highest BCUT2D eigenvalue weighted by Gasteiger charge is 2.23. The second kappa shape index (κ2) is 26.4. The normalized spacial score (nSPS) is 11.9. The van der Waals surface area contributed by atoms with Crippen molar-refractivity contribution in [3.63, 3.8) is 0 Å². The third kappa shape index (κ3) is 17.4. The molecular formula is C46H60N6O4. The Kier molecular flexibility index (Phi) is 20.5. The van der Waals surface area contributed by atoms with Crippen molar-refractivity contribution in [1.82, 2.24) is 31.2 Å². The number of rotatable bonds is 27. The summed E-state index contributed by atoms with van der Waals surface area (Å²) in [6, 6.07) is 24.8. The molecule has 4 N–H and O–H groups in total. The Bertz CT molecular complexity index is 1570. The molecule has 0 unspecified atom stereocenters. The molecule has 10 nitrogen and oxygen atoms in total. The SMILES string of the molecule is O=C(N[C@@H](Cc1ccccc1)C(=O)NCCCCCCCCCCCCCCCCNC(=O)[C@H](Cc1ccccc1)NC(=O)c1ccncc1)c1ccncc1. The van der Waals surface area contributed by atoms with E-state index >= 15 is 0 Å². The van der Waals surface area contributed by atoms with Crippen LogP contribution >= 0.6 is 0 Å². The number of benzene rings is 2. The van der Waals surface area contributed by atoms with Crippen LogP contribution in [0.3, 0.4) is 0 Å². The molecule has 0 spiro atoms. The first kappa shape index (κ1) is 43.3. The van der Waals surface area contributed by atoms with Crippen LogP contribution in [0.25, 0.3) is 0 Å². The molecule has 4 aromatic rings. The minimum absolute atomic E-state index is 0.158. The number of nitrogens with one attached hydrogen (secondary N) is 4. The van der Waals surface area contributed by atoms with Gasteiger partial charge in [0.25, 0.3) is 11.8 Å². The number of hydrogen-bond donors (Lipinski definition) is 4. The van der Waals surface area contributed by atoms with Crippen molar-refractivity contribution < 1.29 is 19.2 Å². The van der Waals surface area contributed by atoms with Crippen LogP contribution in [0.2, 0.25) is 0 Å². The molecule has 2 aromatic carbocycles. The standard InChI is InChI=1S/C46H60N6O4/c53-43(39-25-31-47-32-26-39)51-41(35-37-21-15-13-16-22-37)45(55)49-29-19-11-9-7-5-3-1-2-4-6-8-10-12-20-30-50-46(56)42(36-38-23-17-14-18-24-38)52-44(54)40-27-33-48-34-28-40/h13-18,21-28,31-34,41-42H,1-12,19-20,29-30,35-36H2,(H,49,55)(H,50,56)(H,51,53)(H,52,54)/t41-,42-/m0/s1. The molecule has 56 heavy (non-hydrogen) atoms. The molecule has 0 aliphatic heterocycles. The number of nitrogens with zero attached hydrogens (tertiary/aromatic N) is 2. The van der Waals surface area contributed by atoms with Crippen LogP contribution in [-0.2, 0) is 22.4 Å². The molecule has 0 saturated carbocycles. The highest BCUT2D eigenvalue weighted by atomic mass is 16.2. The zero-order valence-corrected chi connectivity index (χ0v) is 32.8. The molecule has 2 aromatic heterocycles. The summed E-state index contributed by atoms with van der Waals surface area (Å²) in [5.74, 6) is -0.881. The number of hydrogen-bond acceptors (Lipinski definition) is 6. The Morgan fingerprint density at radius 2 is 0.714 bits per heavy atom. The van der Waals surface area contributed by atoms with Crippen molar-refractivity contribution in [3.8, 4) is 0 Å². The third-order valence-corrected chi connectivity index (χ3v) is 9.90. The molecule has 298 valence electrons. The van der Waals surface area contributed by atoms with Gasteiger partial charge in [0.2, 0.25) is 11.8 Å². The Morgan fingerprint density at radius 3 is 1.04 bits per heavy atom. The Hall–Kier alpha value is -5.38. The van der Waals surface area contributed by atoms with E-state index in [0.29, 0.717) is 37.1 Å². The average molecular weight is 761 g/mol. The van der Waals surface area contributed by atoms with E-state index in [4.69, 9.17) is 0 Å². The van der Waals surface area contributed by atoms with Gasteiger partial charge in [0.1, 0.15) is 12.1 Å². The predicted molar refractivity (Wildman–Crippen MR) is 222 cm³/mol. The van der Waals surface area contributed by atoms with Crippen molar-refractivity contribution in [3.05, 3.63) is 132 Å². The van der Waals surface area contributed by atoms with E-state index in [0.717, 1.165) is 49.7 Å². The van der Waals surface area contributed by atoms with Gasteiger partial charge in [0, 0.05) is 61.8 Å². The lowest BCUT2D eigenvalue weighted by Crippen LogP contribution is -2.48. The van der Waals surface area contributed by atoms with Crippen LogP contribution in [0.1, 0.15) is 122 Å². The number of aromatic nitrogens is 2. The minimum Gasteiger partial charge on any atom is -0.354 e. The predicted octanol–water partition coefficient (Wildman–Crippen LogP) is 7.55. The fraction of sp³-hybridized carbons (Fsp3) is 0.435. The molecule has 4 rings (SSSR count). The van der Waals surface area contributed by atoms with Gasteiger partial charge in [-0.05, 0) is 48.2 Å². The summed E-state index contributed by atoms with van der Waals surface area (Å²) in [7, 11) is 0. The first-order valence-electron chi connectivity index (χ1n) is 20.5. The zero-order chi connectivity index (χ0) is 39.5. The van der Waals surface area contributed by atoms with E-state index in [1.807, 2.05) is 60.7 Å². The summed E-state index contributed by atoms with van der Waals surface area (Å²) in [5.41, 5.74) is 2.95. The average Bonchev–Trinajstić information content (AvgIpc) is 3.23. The molecular weight excluding hydrogens is 701 g/mol. The van der Waals surface area contributed by atoms with E-state index in [9.17, 15) is 19.2 Å². The largest absolute Gasteiger partial charge is 0.354 e. The van der Waals surface area contributed by atoms with Crippen LogP contribution in [0, 0.1) is 0 Å². The molecule has 10 heteroatoms. The zero-order valence-electron chi connectivity index (χ0n) is 32.8. The maximum atomic E-state index is 13.1. The van der Waals surface area contributed by atoms with Gasteiger partial charge < -0.3 is 21.3 Å². The Morgan fingerprint density at radius 1 is 0.411 bits per heavy atom. The minimum atomic E-state index is -0.650. The summed E-state index contributed by atoms with van der Waals surface area (Å²) in [6.07, 6.45) is 23.5. The molecule has 2 atom stereocenters. The molecule has 2 heterocycles. The van der Waals surface area contributed by atoms with Crippen LogP contribution in [0.4, 0.5) is 0 Å². The van der Waals surface area contributed by atoms with Gasteiger partial charge in [-0.25, -0.2) is 0 Å². The van der Waals surface area contributed by atoms with Gasteiger partial charge in [-0.15, -0.1) is 0 Å². The molecule has 0 radical (unpaired) electrons. The summed E-state index contributed by atoms with van der Waals surface area (Å²) < 4.78 is 0. The molecule has 0 bridgehead atoms. The first-order valence-corrected chi connectivity index (χ1v) is 20.5. The molecule has 0 aliphatic rings. The van der Waals surface area contributed by atoms with E-state index in [1.54, 1.807) is 49.1 Å². The summed E-state index contributed by atoms with van der Waals surface area (Å²) in [5, 5.41) is 11.9. The topological polar surface area (TPSA) is 142 Å². The van der Waals surface area contributed by atoms with Crippen LogP contribution in [0.15, 0.2) is 110 Å². The number of amides is 4. The van der Waals surface area contributed by atoms with Crippen molar-refractivity contribution in [1.29, 1.82) is 0 Å². The van der Waals surface area contributed by atoms with Crippen molar-refractivity contribution in [2.75, 3.05) is 13.1 Å². The highest BCUT2D eigenvalue weighted by molar-refractivity contribution is 5.98. The summed E-state index contributed by atoms with van der Waals surface area (Å²) in [6.45, 7) is 1.21. The van der Waals surface area contributed by atoms with E-state index in [2.05, 4.69) is 31.2 Å². The number of pyridine rings is 2. The fourth-order valence-electron chi connectivity index (χ4n) is 6.65. The second-order valence-corrected chi connectivity index (χ2v) is 14.4. The van der Waals surface area contributed by atoms with Gasteiger partial charge >= 0.3 is 0 Å². The van der Waals surface area contributed by atoms with Gasteiger partial charge in [-0.1, -0.05) is 138 Å². The maximum absolute atomic E-state index is 13.1. The Balaban J connectivity index is 0.970. The van der Waals surface area contributed by atoms with Gasteiger partial charge in [0.15, 0.2) is 0 Å². The van der Waals surface area contributed by atoms with Gasteiger partial charge in [-0.2, -0.15) is 0 Å². The van der Waals surface area contributed by atoms with Crippen LogP contribution < -0.4 is 21.3 Å². The fourth-order valence-corrected chi connectivity index (χ4v) is 6.65. The lowest BCUT2D eigenvalue weighted by atomic mass is 10.0. The van der Waals surface area contributed by atoms with Crippen molar-refractivity contribution in [2.45, 2.75) is 115 Å². The summed E-state index contributed by atoms with van der Waals surface area (Å²) in [4.78, 5) is 59.6. The lowest BCUT2D eigenvalue weighted by Gasteiger charge is -2.19. The number of carbonyl (C=O) groups excluding carboxylic acids is 4. The number of unbranched alkanes of at least 4 members (excludes halogenated alkanes) is 13. The first-order chi connectivity index (χ1) is 27.5. The van der Waals surface area contributed by atoms with E-state index < -0.39 is 12.1 Å². The van der Waals surface area contributed by atoms with Gasteiger partial charge in [-0.3, -0.25) is 29.1 Å². The number of carbonyl (C=O) groups is 4. The maximum Gasteiger partial charge on any atom is 0.252 e. The highest BCUT2D eigenvalue weighted by Crippen LogP contribution is 2.13. The smallest absolute Gasteiger partial charge is 0.252 e. The van der Waals surface area contributed by atoms with Crippen LogP contribution in [-0.4, -0.2) is 58.8 Å². The lowest BCUT2D eigenvalue weighted by molar-refractivity contribution is -0.123. The Labute approximate surface area is 333 Å². The van der Waals surface area contributed by atoms with E-state index in [-0.39, 0.29) is 23.6 Å². The van der Waals surface area contributed by atoms with Crippen LogP contribution in [0.5, 0.6) is 0 Å².